The van der Waals surface area contributed by atoms with Crippen LogP contribution in [0.2, 0.25) is 0 Å². The molecular formula is C15H17N3O. The first-order valence-electron chi connectivity index (χ1n) is 6.16. The van der Waals surface area contributed by atoms with Crippen LogP contribution in [0.5, 0.6) is 0 Å². The van der Waals surface area contributed by atoms with Crippen LogP contribution in [-0.4, -0.2) is 27.8 Å². The lowest BCUT2D eigenvalue weighted by Gasteiger charge is -2.16. The zero-order valence-electron chi connectivity index (χ0n) is 11.4. The number of nitrogens with zero attached hydrogens (tertiary/aromatic N) is 3. The Bertz CT molecular complexity index is 561. The summed E-state index contributed by atoms with van der Waals surface area (Å²) in [5.41, 5.74) is 3.49. The Labute approximate surface area is 113 Å². The number of rotatable bonds is 3. The molecule has 2 aromatic rings. The number of aryl methyl sites for hydroxylation is 2. The molecule has 0 atom stereocenters. The molecule has 0 aliphatic heterocycles. The Hall–Kier alpha value is -2.23. The Balaban J connectivity index is 2.07. The third-order valence-corrected chi connectivity index (χ3v) is 2.89. The fraction of sp³-hybridized carbons (Fsp3) is 0.267. The summed E-state index contributed by atoms with van der Waals surface area (Å²) < 4.78 is 0. The molecule has 4 heteroatoms. The van der Waals surface area contributed by atoms with Crippen molar-refractivity contribution in [1.82, 2.24) is 14.9 Å². The first-order valence-corrected chi connectivity index (χ1v) is 6.16. The van der Waals surface area contributed by atoms with E-state index >= 15 is 0 Å². The molecule has 1 amide bonds. The number of benzene rings is 1. The lowest BCUT2D eigenvalue weighted by atomic mass is 10.1. The summed E-state index contributed by atoms with van der Waals surface area (Å²) in [6, 6.07) is 8.14. The second-order valence-electron chi connectivity index (χ2n) is 4.69. The molecule has 0 radical (unpaired) electrons. The highest BCUT2D eigenvalue weighted by atomic mass is 16.2. The third-order valence-electron chi connectivity index (χ3n) is 2.89. The Morgan fingerprint density at radius 3 is 2.37 bits per heavy atom. The van der Waals surface area contributed by atoms with Crippen molar-refractivity contribution in [3.8, 4) is 0 Å². The molecule has 1 aromatic heterocycles. The fourth-order valence-corrected chi connectivity index (χ4v) is 1.74. The molecule has 0 unspecified atom stereocenters. The van der Waals surface area contributed by atoms with Gasteiger partial charge in [-0.2, -0.15) is 0 Å². The van der Waals surface area contributed by atoms with Crippen molar-refractivity contribution in [2.75, 3.05) is 7.05 Å². The standard InChI is InChI=1S/C15H17N3O/c1-11-4-6-13(7-5-11)10-18(3)15(19)14-9-16-12(2)8-17-14/h4-9H,10H2,1-3H3. The minimum Gasteiger partial charge on any atom is -0.336 e. The van der Waals surface area contributed by atoms with Gasteiger partial charge in [-0.1, -0.05) is 29.8 Å². The maximum atomic E-state index is 12.2. The van der Waals surface area contributed by atoms with Crippen LogP contribution in [0, 0.1) is 13.8 Å². The average molecular weight is 255 g/mol. The number of amides is 1. The van der Waals surface area contributed by atoms with Gasteiger partial charge in [0.05, 0.1) is 11.9 Å². The molecule has 0 N–H and O–H groups in total. The molecule has 98 valence electrons. The van der Waals surface area contributed by atoms with Gasteiger partial charge < -0.3 is 4.90 Å². The SMILES string of the molecule is Cc1ccc(CN(C)C(=O)c2cnc(C)cn2)cc1. The van der Waals surface area contributed by atoms with Crippen LogP contribution in [0.3, 0.4) is 0 Å². The minimum atomic E-state index is -0.118. The summed E-state index contributed by atoms with van der Waals surface area (Å²) in [5, 5.41) is 0. The molecule has 0 spiro atoms. The number of hydrogen-bond donors (Lipinski definition) is 0. The van der Waals surface area contributed by atoms with Crippen LogP contribution in [0.1, 0.15) is 27.3 Å². The molecule has 0 aliphatic rings. The first kappa shape index (κ1) is 13.2. The molecule has 4 nitrogen and oxygen atoms in total. The van der Waals surface area contributed by atoms with Crippen molar-refractivity contribution in [2.24, 2.45) is 0 Å². The van der Waals surface area contributed by atoms with Crippen molar-refractivity contribution < 1.29 is 4.79 Å². The van der Waals surface area contributed by atoms with Crippen molar-refractivity contribution in [1.29, 1.82) is 0 Å². The van der Waals surface area contributed by atoms with Crippen molar-refractivity contribution in [3.05, 3.63) is 59.2 Å². The van der Waals surface area contributed by atoms with Gasteiger partial charge in [-0.05, 0) is 19.4 Å². The van der Waals surface area contributed by atoms with E-state index in [1.54, 1.807) is 18.1 Å². The Morgan fingerprint density at radius 1 is 1.11 bits per heavy atom. The van der Waals surface area contributed by atoms with Gasteiger partial charge in [0.25, 0.3) is 5.91 Å². The quantitative estimate of drug-likeness (QED) is 0.845. The summed E-state index contributed by atoms with van der Waals surface area (Å²) in [7, 11) is 1.77. The topological polar surface area (TPSA) is 46.1 Å². The van der Waals surface area contributed by atoms with Gasteiger partial charge in [0.2, 0.25) is 0 Å². The highest BCUT2D eigenvalue weighted by Crippen LogP contribution is 2.08. The van der Waals surface area contributed by atoms with Gasteiger partial charge in [0.1, 0.15) is 5.69 Å². The van der Waals surface area contributed by atoms with Gasteiger partial charge in [-0.25, -0.2) is 4.98 Å². The van der Waals surface area contributed by atoms with Gasteiger partial charge >= 0.3 is 0 Å². The van der Waals surface area contributed by atoms with E-state index in [0.717, 1.165) is 11.3 Å². The molecule has 0 saturated heterocycles. The predicted octanol–water partition coefficient (Wildman–Crippen LogP) is 2.37. The lowest BCUT2D eigenvalue weighted by Crippen LogP contribution is -2.27. The predicted molar refractivity (Wildman–Crippen MR) is 73.7 cm³/mol. The van der Waals surface area contributed by atoms with Crippen LogP contribution in [0.25, 0.3) is 0 Å². The summed E-state index contributed by atoms with van der Waals surface area (Å²) in [4.78, 5) is 22.0. The van der Waals surface area contributed by atoms with E-state index in [4.69, 9.17) is 0 Å². The molecule has 0 fully saturated rings. The maximum Gasteiger partial charge on any atom is 0.274 e. The van der Waals surface area contributed by atoms with Crippen LogP contribution in [-0.2, 0) is 6.54 Å². The highest BCUT2D eigenvalue weighted by molar-refractivity contribution is 5.91. The fourth-order valence-electron chi connectivity index (χ4n) is 1.74. The number of hydrogen-bond acceptors (Lipinski definition) is 3. The smallest absolute Gasteiger partial charge is 0.274 e. The molecular weight excluding hydrogens is 238 g/mol. The second kappa shape index (κ2) is 5.61. The highest BCUT2D eigenvalue weighted by Gasteiger charge is 2.13. The van der Waals surface area contributed by atoms with Gasteiger partial charge in [-0.3, -0.25) is 9.78 Å². The van der Waals surface area contributed by atoms with E-state index < -0.39 is 0 Å². The van der Waals surface area contributed by atoms with Crippen molar-refractivity contribution in [2.45, 2.75) is 20.4 Å². The second-order valence-corrected chi connectivity index (χ2v) is 4.69. The molecule has 1 heterocycles. The van der Waals surface area contributed by atoms with E-state index in [1.807, 2.05) is 38.1 Å². The lowest BCUT2D eigenvalue weighted by molar-refractivity contribution is 0.0779. The third kappa shape index (κ3) is 3.37. The van der Waals surface area contributed by atoms with E-state index in [0.29, 0.717) is 12.2 Å². The number of aromatic nitrogens is 2. The van der Waals surface area contributed by atoms with Crippen molar-refractivity contribution in [3.63, 3.8) is 0 Å². The zero-order chi connectivity index (χ0) is 13.8. The normalized spacial score (nSPS) is 10.3. The van der Waals surface area contributed by atoms with E-state index in [2.05, 4.69) is 9.97 Å². The summed E-state index contributed by atoms with van der Waals surface area (Å²) >= 11 is 0. The Morgan fingerprint density at radius 2 is 1.79 bits per heavy atom. The van der Waals surface area contributed by atoms with Crippen LogP contribution < -0.4 is 0 Å². The van der Waals surface area contributed by atoms with Gasteiger partial charge in [0.15, 0.2) is 0 Å². The van der Waals surface area contributed by atoms with E-state index in [1.165, 1.54) is 11.8 Å². The molecule has 2 rings (SSSR count). The maximum absolute atomic E-state index is 12.2. The zero-order valence-corrected chi connectivity index (χ0v) is 11.4. The summed E-state index contributed by atoms with van der Waals surface area (Å²) in [6.07, 6.45) is 3.12. The number of carbonyl (C=O) groups is 1. The summed E-state index contributed by atoms with van der Waals surface area (Å²) in [6.45, 7) is 4.45. The van der Waals surface area contributed by atoms with Gasteiger partial charge in [0, 0.05) is 19.8 Å². The van der Waals surface area contributed by atoms with Crippen LogP contribution in [0.15, 0.2) is 36.7 Å². The average Bonchev–Trinajstić information content (AvgIpc) is 2.41. The van der Waals surface area contributed by atoms with E-state index in [9.17, 15) is 4.79 Å². The molecule has 0 saturated carbocycles. The van der Waals surface area contributed by atoms with Gasteiger partial charge in [-0.15, -0.1) is 0 Å². The monoisotopic (exact) mass is 255 g/mol. The molecule has 0 bridgehead atoms. The number of carbonyl (C=O) groups excluding carboxylic acids is 1. The molecule has 19 heavy (non-hydrogen) atoms. The molecule has 0 aliphatic carbocycles. The van der Waals surface area contributed by atoms with Crippen LogP contribution >= 0.6 is 0 Å². The minimum absolute atomic E-state index is 0.118. The first-order chi connectivity index (χ1) is 9.06. The Kier molecular flexibility index (Phi) is 3.90. The van der Waals surface area contributed by atoms with Crippen LogP contribution in [0.4, 0.5) is 0 Å². The van der Waals surface area contributed by atoms with E-state index in [-0.39, 0.29) is 5.91 Å². The largest absolute Gasteiger partial charge is 0.336 e. The molecule has 1 aromatic carbocycles. The van der Waals surface area contributed by atoms with Crippen molar-refractivity contribution >= 4 is 5.91 Å². The summed E-state index contributed by atoms with van der Waals surface area (Å²) in [5.74, 6) is -0.118.